The maximum Gasteiger partial charge on any atom is 0.291 e. The number of nitrogens with zero attached hydrogens (tertiary/aromatic N) is 1. The van der Waals surface area contributed by atoms with Gasteiger partial charge in [0.05, 0.1) is 23.1 Å². The summed E-state index contributed by atoms with van der Waals surface area (Å²) in [6.45, 7) is 3.09. The highest BCUT2D eigenvalue weighted by atomic mass is 79.9. The molecule has 2 aliphatic rings. The van der Waals surface area contributed by atoms with Crippen molar-refractivity contribution in [3.05, 3.63) is 79.6 Å². The number of carbonyl (C=O) groups excluding carboxylic acids is 1. The van der Waals surface area contributed by atoms with Gasteiger partial charge in [0.1, 0.15) is 5.58 Å². The number of amides is 1. The Balaban J connectivity index is 1.72. The van der Waals surface area contributed by atoms with Gasteiger partial charge in [0.15, 0.2) is 5.43 Å². The summed E-state index contributed by atoms with van der Waals surface area (Å²) in [5.41, 5.74) is 2.58. The van der Waals surface area contributed by atoms with Crippen molar-refractivity contribution < 1.29 is 13.9 Å². The van der Waals surface area contributed by atoms with E-state index < -0.39 is 6.04 Å². The molecule has 2 unspecified atom stereocenters. The van der Waals surface area contributed by atoms with Crippen LogP contribution in [0.25, 0.3) is 11.0 Å². The van der Waals surface area contributed by atoms with Gasteiger partial charge in [0, 0.05) is 17.6 Å². The van der Waals surface area contributed by atoms with Gasteiger partial charge in [0.2, 0.25) is 5.76 Å². The molecule has 5 rings (SSSR count). The molecule has 29 heavy (non-hydrogen) atoms. The smallest absolute Gasteiger partial charge is 0.291 e. The Morgan fingerprint density at radius 1 is 1.17 bits per heavy atom. The van der Waals surface area contributed by atoms with Gasteiger partial charge in [-0.1, -0.05) is 39.7 Å². The maximum atomic E-state index is 13.5. The van der Waals surface area contributed by atoms with Crippen LogP contribution < -0.4 is 5.43 Å². The van der Waals surface area contributed by atoms with Crippen LogP contribution in [0.15, 0.2) is 56.1 Å². The zero-order chi connectivity index (χ0) is 20.1. The number of benzene rings is 2. The fourth-order valence-electron chi connectivity index (χ4n) is 4.35. The third-order valence-electron chi connectivity index (χ3n) is 5.71. The molecule has 1 amide bonds. The number of fused-ring (bicyclic) bond motifs is 2. The van der Waals surface area contributed by atoms with Gasteiger partial charge in [-0.05, 0) is 49.6 Å². The van der Waals surface area contributed by atoms with Gasteiger partial charge in [-0.15, -0.1) is 0 Å². The van der Waals surface area contributed by atoms with E-state index >= 15 is 0 Å². The molecule has 0 aliphatic carbocycles. The van der Waals surface area contributed by atoms with Gasteiger partial charge >= 0.3 is 0 Å². The summed E-state index contributed by atoms with van der Waals surface area (Å²) in [4.78, 5) is 28.6. The van der Waals surface area contributed by atoms with Crippen LogP contribution in [0.1, 0.15) is 46.1 Å². The van der Waals surface area contributed by atoms with E-state index in [-0.39, 0.29) is 23.2 Å². The lowest BCUT2D eigenvalue weighted by molar-refractivity contribution is 0.0486. The molecule has 0 N–H and O–H groups in total. The van der Waals surface area contributed by atoms with Gasteiger partial charge in [-0.2, -0.15) is 0 Å². The van der Waals surface area contributed by atoms with Crippen LogP contribution >= 0.6 is 15.9 Å². The van der Waals surface area contributed by atoms with Crippen LogP contribution in [0.3, 0.4) is 0 Å². The fraction of sp³-hybridized carbons (Fsp3) is 0.304. The molecule has 2 aliphatic heterocycles. The lowest BCUT2D eigenvalue weighted by Gasteiger charge is -2.27. The molecule has 1 saturated heterocycles. The first-order chi connectivity index (χ1) is 14.0. The van der Waals surface area contributed by atoms with Crippen LogP contribution in [0.2, 0.25) is 0 Å². The predicted molar refractivity (Wildman–Crippen MR) is 113 cm³/mol. The lowest BCUT2D eigenvalue weighted by atomic mass is 9.98. The van der Waals surface area contributed by atoms with Crippen molar-refractivity contribution in [1.82, 2.24) is 4.90 Å². The van der Waals surface area contributed by atoms with E-state index in [9.17, 15) is 9.59 Å². The van der Waals surface area contributed by atoms with Crippen molar-refractivity contribution in [2.75, 3.05) is 13.2 Å². The summed E-state index contributed by atoms with van der Waals surface area (Å²) in [6, 6.07) is 12.7. The zero-order valence-electron chi connectivity index (χ0n) is 16.0. The van der Waals surface area contributed by atoms with E-state index in [4.69, 9.17) is 9.15 Å². The lowest BCUT2D eigenvalue weighted by Crippen LogP contribution is -2.36. The Kier molecular flexibility index (Phi) is 4.56. The first-order valence-electron chi connectivity index (χ1n) is 9.78. The molecule has 2 aromatic carbocycles. The fourth-order valence-corrected chi connectivity index (χ4v) is 4.77. The summed E-state index contributed by atoms with van der Waals surface area (Å²) in [6.07, 6.45) is 1.88. The molecule has 3 heterocycles. The molecule has 0 bridgehead atoms. The first-order valence-corrected chi connectivity index (χ1v) is 10.6. The second-order valence-corrected chi connectivity index (χ2v) is 8.64. The molecular weight excluding hydrogens is 434 g/mol. The molecule has 2 atom stereocenters. The molecule has 0 radical (unpaired) electrons. The van der Waals surface area contributed by atoms with Crippen molar-refractivity contribution in [2.24, 2.45) is 0 Å². The van der Waals surface area contributed by atoms with E-state index in [1.807, 2.05) is 43.3 Å². The normalized spacial score (nSPS) is 21.2. The molecule has 6 heteroatoms. The number of rotatable bonds is 3. The molecule has 1 aromatic heterocycles. The average molecular weight is 454 g/mol. The van der Waals surface area contributed by atoms with Crippen molar-refractivity contribution in [3.8, 4) is 0 Å². The van der Waals surface area contributed by atoms with Gasteiger partial charge in [-0.3, -0.25) is 9.59 Å². The Morgan fingerprint density at radius 3 is 2.79 bits per heavy atom. The van der Waals surface area contributed by atoms with E-state index in [1.54, 1.807) is 11.0 Å². The Morgan fingerprint density at radius 2 is 2.03 bits per heavy atom. The average Bonchev–Trinajstić information content (AvgIpc) is 3.31. The van der Waals surface area contributed by atoms with Crippen molar-refractivity contribution in [1.29, 1.82) is 0 Å². The topological polar surface area (TPSA) is 59.8 Å². The van der Waals surface area contributed by atoms with E-state index in [2.05, 4.69) is 15.9 Å². The van der Waals surface area contributed by atoms with Gasteiger partial charge < -0.3 is 14.1 Å². The number of hydrogen-bond acceptors (Lipinski definition) is 4. The van der Waals surface area contributed by atoms with Crippen molar-refractivity contribution >= 4 is 32.8 Å². The number of carbonyl (C=O) groups is 1. The highest BCUT2D eigenvalue weighted by molar-refractivity contribution is 9.10. The summed E-state index contributed by atoms with van der Waals surface area (Å²) < 4.78 is 12.7. The minimum atomic E-state index is -0.486. The second kappa shape index (κ2) is 7.11. The minimum Gasteiger partial charge on any atom is -0.450 e. The van der Waals surface area contributed by atoms with Crippen LogP contribution in [0.4, 0.5) is 0 Å². The highest BCUT2D eigenvalue weighted by Gasteiger charge is 2.43. The largest absolute Gasteiger partial charge is 0.450 e. The SMILES string of the molecule is Cc1ccc2oc3c(c(=O)c2c1)C(c1cccc(Br)c1)N(CC1CCCO1)C3=O. The van der Waals surface area contributed by atoms with Crippen LogP contribution in [-0.2, 0) is 4.74 Å². The summed E-state index contributed by atoms with van der Waals surface area (Å²) in [5.74, 6) is -0.102. The zero-order valence-corrected chi connectivity index (χ0v) is 17.6. The maximum absolute atomic E-state index is 13.5. The summed E-state index contributed by atoms with van der Waals surface area (Å²) >= 11 is 3.51. The Hall–Kier alpha value is -2.44. The van der Waals surface area contributed by atoms with Gasteiger partial charge in [0.25, 0.3) is 5.91 Å². The van der Waals surface area contributed by atoms with Crippen LogP contribution in [0, 0.1) is 6.92 Å². The second-order valence-electron chi connectivity index (χ2n) is 7.72. The van der Waals surface area contributed by atoms with E-state index in [0.717, 1.165) is 28.4 Å². The number of ether oxygens (including phenoxy) is 1. The number of aryl methyl sites for hydroxylation is 1. The monoisotopic (exact) mass is 453 g/mol. The summed E-state index contributed by atoms with van der Waals surface area (Å²) in [5, 5.41) is 0.510. The van der Waals surface area contributed by atoms with Gasteiger partial charge in [-0.25, -0.2) is 0 Å². The molecule has 0 spiro atoms. The van der Waals surface area contributed by atoms with E-state index in [0.29, 0.717) is 29.7 Å². The Labute approximate surface area is 176 Å². The van der Waals surface area contributed by atoms with Crippen LogP contribution in [-0.4, -0.2) is 30.1 Å². The molecule has 5 nitrogen and oxygen atoms in total. The minimum absolute atomic E-state index is 0.0188. The standard InChI is InChI=1S/C23H20BrNO4/c1-13-7-8-18-17(10-13)21(26)19-20(14-4-2-5-15(24)11-14)25(23(27)22(19)29-18)12-16-6-3-9-28-16/h2,4-5,7-8,10-11,16,20H,3,6,9,12H2,1H3. The molecule has 3 aromatic rings. The number of halogens is 1. The summed E-state index contributed by atoms with van der Waals surface area (Å²) in [7, 11) is 0. The molecule has 0 saturated carbocycles. The Bertz CT molecular complexity index is 1180. The molecule has 148 valence electrons. The first kappa shape index (κ1) is 18.6. The third-order valence-corrected chi connectivity index (χ3v) is 6.20. The predicted octanol–water partition coefficient (Wildman–Crippen LogP) is 4.59. The molecule has 1 fully saturated rings. The van der Waals surface area contributed by atoms with E-state index in [1.165, 1.54) is 0 Å². The highest BCUT2D eigenvalue weighted by Crippen LogP contribution is 2.39. The van der Waals surface area contributed by atoms with Crippen molar-refractivity contribution in [2.45, 2.75) is 31.9 Å². The number of hydrogen-bond donors (Lipinski definition) is 0. The third kappa shape index (κ3) is 3.11. The van der Waals surface area contributed by atoms with Crippen molar-refractivity contribution in [3.63, 3.8) is 0 Å². The van der Waals surface area contributed by atoms with Crippen LogP contribution in [0.5, 0.6) is 0 Å². The quantitative estimate of drug-likeness (QED) is 0.581. The molecular formula is C23H20BrNO4.